The summed E-state index contributed by atoms with van der Waals surface area (Å²) < 4.78 is 43.3. The van der Waals surface area contributed by atoms with Gasteiger partial charge in [-0.2, -0.15) is 13.2 Å². The Morgan fingerprint density at radius 3 is 2.76 bits per heavy atom. The van der Waals surface area contributed by atoms with E-state index in [9.17, 15) is 18.0 Å². The Balaban J connectivity index is 1.44. The Morgan fingerprint density at radius 2 is 2.10 bits per heavy atom. The molecule has 0 aromatic carbocycles. The number of aromatic nitrogens is 2. The van der Waals surface area contributed by atoms with Gasteiger partial charge < -0.3 is 15.1 Å². The van der Waals surface area contributed by atoms with Crippen molar-refractivity contribution < 1.29 is 22.4 Å². The summed E-state index contributed by atoms with van der Waals surface area (Å²) in [7, 11) is 0. The molecule has 2 N–H and O–H groups in total. The Hall–Kier alpha value is -2.59. The Morgan fingerprint density at radius 1 is 1.31 bits per heavy atom. The molecule has 3 rings (SSSR count). The van der Waals surface area contributed by atoms with Gasteiger partial charge in [-0.3, -0.25) is 4.79 Å². The third-order valence-electron chi connectivity index (χ3n) is 3.75. The lowest BCUT2D eigenvalue weighted by atomic mass is 10.3. The van der Waals surface area contributed by atoms with E-state index in [1.807, 2.05) is 19.1 Å². The van der Waals surface area contributed by atoms with Crippen molar-refractivity contribution in [3.8, 4) is 10.8 Å². The molecule has 0 aliphatic heterocycles. The summed E-state index contributed by atoms with van der Waals surface area (Å²) in [6.07, 6.45) is -3.70. The van der Waals surface area contributed by atoms with Gasteiger partial charge in [-0.15, -0.1) is 11.3 Å². The molecule has 0 aliphatic rings. The minimum Gasteiger partial charge on any atom is -0.459 e. The van der Waals surface area contributed by atoms with Gasteiger partial charge in [0.25, 0.3) is 0 Å². The van der Waals surface area contributed by atoms with E-state index in [0.29, 0.717) is 22.7 Å². The van der Waals surface area contributed by atoms with Crippen molar-refractivity contribution >= 4 is 34.7 Å². The monoisotopic (exact) mass is 444 g/mol. The van der Waals surface area contributed by atoms with Crippen LogP contribution in [0.15, 0.2) is 34.2 Å². The number of hydrogen-bond acceptors (Lipinski definition) is 6. The number of furan rings is 1. The van der Waals surface area contributed by atoms with Crippen LogP contribution in [0, 0.1) is 6.92 Å². The van der Waals surface area contributed by atoms with E-state index in [1.165, 1.54) is 11.3 Å². The van der Waals surface area contributed by atoms with Crippen molar-refractivity contribution in [3.05, 3.63) is 51.8 Å². The van der Waals surface area contributed by atoms with Gasteiger partial charge in [-0.1, -0.05) is 11.6 Å². The van der Waals surface area contributed by atoms with Gasteiger partial charge in [-0.25, -0.2) is 9.97 Å². The molecule has 1 amide bonds. The number of aryl methyl sites for hydroxylation is 1. The molecular formula is C18H16ClF3N4O2S. The van der Waals surface area contributed by atoms with Crippen LogP contribution in [0.5, 0.6) is 0 Å². The molecule has 6 nitrogen and oxygen atoms in total. The summed E-state index contributed by atoms with van der Waals surface area (Å²) in [5.41, 5.74) is -0.300. The molecule has 3 aromatic rings. The molecule has 0 saturated heterocycles. The summed E-state index contributed by atoms with van der Waals surface area (Å²) in [5.74, 6) is 1.33. The van der Waals surface area contributed by atoms with Crippen molar-refractivity contribution in [1.82, 2.24) is 15.3 Å². The third-order valence-corrected chi connectivity index (χ3v) is 4.95. The molecule has 3 heterocycles. The van der Waals surface area contributed by atoms with E-state index < -0.39 is 11.7 Å². The molecule has 0 aliphatic carbocycles. The molecule has 0 atom stereocenters. The number of carbonyl (C=O) groups is 1. The second-order valence-electron chi connectivity index (χ2n) is 6.06. The Kier molecular flexibility index (Phi) is 6.43. The number of amides is 1. The highest BCUT2D eigenvalue weighted by atomic mass is 35.5. The zero-order chi connectivity index (χ0) is 21.0. The molecule has 0 radical (unpaired) electrons. The predicted molar refractivity (Wildman–Crippen MR) is 104 cm³/mol. The number of carbonyl (C=O) groups excluding carboxylic acids is 1. The first-order valence-corrected chi connectivity index (χ1v) is 9.72. The number of halogens is 4. The normalized spacial score (nSPS) is 11.5. The number of pyridine rings is 1. The van der Waals surface area contributed by atoms with Crippen LogP contribution in [0.3, 0.4) is 0 Å². The first-order chi connectivity index (χ1) is 13.7. The van der Waals surface area contributed by atoms with Gasteiger partial charge in [0, 0.05) is 24.7 Å². The lowest BCUT2D eigenvalue weighted by Crippen LogP contribution is -2.30. The minimum absolute atomic E-state index is 0.107. The highest BCUT2D eigenvalue weighted by molar-refractivity contribution is 7.13. The van der Waals surface area contributed by atoms with Crippen LogP contribution in [0.1, 0.15) is 17.0 Å². The highest BCUT2D eigenvalue weighted by Crippen LogP contribution is 2.32. The van der Waals surface area contributed by atoms with E-state index >= 15 is 0 Å². The second kappa shape index (κ2) is 8.83. The summed E-state index contributed by atoms with van der Waals surface area (Å²) in [6.45, 7) is 2.33. The number of nitrogens with zero attached hydrogens (tertiary/aromatic N) is 2. The van der Waals surface area contributed by atoms with Crippen LogP contribution >= 0.6 is 22.9 Å². The van der Waals surface area contributed by atoms with Crippen molar-refractivity contribution in [2.45, 2.75) is 19.5 Å². The zero-order valence-electron chi connectivity index (χ0n) is 15.1. The van der Waals surface area contributed by atoms with E-state index in [2.05, 4.69) is 20.6 Å². The Labute approximate surface area is 173 Å². The van der Waals surface area contributed by atoms with Gasteiger partial charge in [0.1, 0.15) is 11.6 Å². The summed E-state index contributed by atoms with van der Waals surface area (Å²) in [6, 6.07) is 4.47. The molecule has 29 heavy (non-hydrogen) atoms. The minimum atomic E-state index is -4.51. The maximum absolute atomic E-state index is 12.6. The number of hydrogen-bond donors (Lipinski definition) is 2. The van der Waals surface area contributed by atoms with E-state index in [-0.39, 0.29) is 36.3 Å². The first-order valence-electron chi connectivity index (χ1n) is 8.47. The average Bonchev–Trinajstić information content (AvgIpc) is 3.27. The number of rotatable bonds is 7. The smallest absolute Gasteiger partial charge is 0.417 e. The van der Waals surface area contributed by atoms with Crippen LogP contribution in [0.25, 0.3) is 10.8 Å². The first kappa shape index (κ1) is 21.1. The number of anilines is 1. The number of nitrogens with one attached hydrogen (secondary N) is 2. The fourth-order valence-electron chi connectivity index (χ4n) is 2.38. The molecule has 0 saturated carbocycles. The molecule has 0 bridgehead atoms. The maximum atomic E-state index is 12.6. The molecule has 11 heteroatoms. The molecule has 3 aromatic heterocycles. The summed E-state index contributed by atoms with van der Waals surface area (Å²) in [5, 5.41) is 7.83. The van der Waals surface area contributed by atoms with Crippen LogP contribution in [-0.4, -0.2) is 29.0 Å². The predicted octanol–water partition coefficient (Wildman–Crippen LogP) is 4.55. The molecular weight excluding hydrogens is 429 g/mol. The Bertz CT molecular complexity index is 1000. The summed E-state index contributed by atoms with van der Waals surface area (Å²) >= 11 is 7.20. The fourth-order valence-corrected chi connectivity index (χ4v) is 3.40. The lowest BCUT2D eigenvalue weighted by Gasteiger charge is -2.11. The van der Waals surface area contributed by atoms with Crippen molar-refractivity contribution in [3.63, 3.8) is 0 Å². The molecule has 0 spiro atoms. The largest absolute Gasteiger partial charge is 0.459 e. The van der Waals surface area contributed by atoms with Gasteiger partial charge in [0.15, 0.2) is 10.8 Å². The van der Waals surface area contributed by atoms with Crippen LogP contribution in [0.2, 0.25) is 5.02 Å². The molecule has 0 unspecified atom stereocenters. The van der Waals surface area contributed by atoms with E-state index in [1.54, 1.807) is 5.38 Å². The number of alkyl halides is 3. The topological polar surface area (TPSA) is 80.0 Å². The van der Waals surface area contributed by atoms with Gasteiger partial charge in [0.2, 0.25) is 5.91 Å². The highest BCUT2D eigenvalue weighted by Gasteiger charge is 2.31. The fraction of sp³-hybridized carbons (Fsp3) is 0.278. The van der Waals surface area contributed by atoms with Crippen molar-refractivity contribution in [1.29, 1.82) is 0 Å². The zero-order valence-corrected chi connectivity index (χ0v) is 16.7. The summed E-state index contributed by atoms with van der Waals surface area (Å²) in [4.78, 5) is 20.1. The van der Waals surface area contributed by atoms with Gasteiger partial charge in [0.05, 0.1) is 22.7 Å². The van der Waals surface area contributed by atoms with Crippen molar-refractivity contribution in [2.75, 3.05) is 18.4 Å². The van der Waals surface area contributed by atoms with Gasteiger partial charge in [-0.05, 0) is 25.1 Å². The third kappa shape index (κ3) is 5.70. The number of thiazole rings is 1. The maximum Gasteiger partial charge on any atom is 0.417 e. The quantitative estimate of drug-likeness (QED) is 0.522. The molecule has 0 fully saturated rings. The molecule has 154 valence electrons. The average molecular weight is 445 g/mol. The van der Waals surface area contributed by atoms with Crippen LogP contribution < -0.4 is 10.6 Å². The standard InChI is InChI=1S/C18H16ClF3N4O2S/c1-10-2-3-14(28-10)17-26-12(9-29-17)7-15(27)23-4-5-24-16-13(19)6-11(8-25-16)18(20,21)22/h2-3,6,8-9H,4-5,7H2,1H3,(H,23,27)(H,24,25). The lowest BCUT2D eigenvalue weighted by molar-refractivity contribution is -0.137. The second-order valence-corrected chi connectivity index (χ2v) is 7.33. The van der Waals surface area contributed by atoms with E-state index in [0.717, 1.165) is 11.8 Å². The van der Waals surface area contributed by atoms with Gasteiger partial charge >= 0.3 is 6.18 Å². The van der Waals surface area contributed by atoms with Crippen LogP contribution in [0.4, 0.5) is 19.0 Å². The van der Waals surface area contributed by atoms with Crippen molar-refractivity contribution in [2.24, 2.45) is 0 Å². The van der Waals surface area contributed by atoms with Crippen LogP contribution in [-0.2, 0) is 17.4 Å². The SMILES string of the molecule is Cc1ccc(-c2nc(CC(=O)NCCNc3ncc(C(F)(F)F)cc3Cl)cs2)o1. The van der Waals surface area contributed by atoms with E-state index in [4.69, 9.17) is 16.0 Å².